The number of carbonyl (C=O) groups is 1. The van der Waals surface area contributed by atoms with Crippen LogP contribution < -0.4 is 0 Å². The number of ether oxygens (including phenoxy) is 1. The monoisotopic (exact) mass is 331 g/mol. The Hall–Kier alpha value is -2.03. The summed E-state index contributed by atoms with van der Waals surface area (Å²) in [6.07, 6.45) is 0.568. The molecule has 0 spiro atoms. The van der Waals surface area contributed by atoms with Gasteiger partial charge in [-0.2, -0.15) is 0 Å². The Balaban J connectivity index is 2.43. The van der Waals surface area contributed by atoms with Crippen LogP contribution in [0.1, 0.15) is 45.2 Å². The Morgan fingerprint density at radius 3 is 2.62 bits per heavy atom. The van der Waals surface area contributed by atoms with Crippen molar-refractivity contribution in [1.29, 1.82) is 0 Å². The van der Waals surface area contributed by atoms with Crippen LogP contribution in [0.5, 0.6) is 0 Å². The molecule has 2 atom stereocenters. The van der Waals surface area contributed by atoms with Crippen molar-refractivity contribution >= 4 is 6.09 Å². The summed E-state index contributed by atoms with van der Waals surface area (Å²) < 4.78 is 5.51. The molecule has 0 saturated carbocycles. The number of hydrogen-bond donors (Lipinski definition) is 2. The molecule has 1 fully saturated rings. The topological polar surface area (TPSA) is 70.0 Å². The van der Waals surface area contributed by atoms with Gasteiger partial charge >= 0.3 is 6.09 Å². The largest absolute Gasteiger partial charge is 0.444 e. The molecule has 1 heterocycles. The van der Waals surface area contributed by atoms with Gasteiger partial charge in [0.2, 0.25) is 0 Å². The Bertz CT molecular complexity index is 626. The van der Waals surface area contributed by atoms with E-state index in [1.165, 1.54) is 4.90 Å². The fraction of sp³-hybridized carbons (Fsp3) is 0.526. The first-order chi connectivity index (χ1) is 11.3. The summed E-state index contributed by atoms with van der Waals surface area (Å²) in [5.74, 6) is 5.29. The second-order valence-electron chi connectivity index (χ2n) is 6.97. The minimum Gasteiger partial charge on any atom is -0.444 e. The molecule has 1 saturated heterocycles. The van der Waals surface area contributed by atoms with E-state index < -0.39 is 23.3 Å². The van der Waals surface area contributed by atoms with Crippen LogP contribution in [0.3, 0.4) is 0 Å². The van der Waals surface area contributed by atoms with Crippen molar-refractivity contribution in [3.8, 4) is 11.8 Å². The maximum absolute atomic E-state index is 12.7. The van der Waals surface area contributed by atoms with Crippen LogP contribution in [0.25, 0.3) is 0 Å². The fourth-order valence-electron chi connectivity index (χ4n) is 2.97. The predicted molar refractivity (Wildman–Crippen MR) is 91.2 cm³/mol. The maximum Gasteiger partial charge on any atom is 0.410 e. The van der Waals surface area contributed by atoms with Crippen LogP contribution in [0.2, 0.25) is 0 Å². The number of carbonyl (C=O) groups excluding carboxylic acids is 1. The SMILES string of the molecule is CC(C)(C)OC(=O)N1CCCC(O)(C#CCO)C1c1ccccc1. The van der Waals surface area contributed by atoms with E-state index in [4.69, 9.17) is 9.84 Å². The van der Waals surface area contributed by atoms with Gasteiger partial charge in [-0.1, -0.05) is 42.2 Å². The molecule has 2 N–H and O–H groups in total. The molecule has 5 heteroatoms. The van der Waals surface area contributed by atoms with Gasteiger partial charge in [-0.3, -0.25) is 4.90 Å². The molecule has 0 bridgehead atoms. The van der Waals surface area contributed by atoms with E-state index in [-0.39, 0.29) is 6.61 Å². The highest BCUT2D eigenvalue weighted by Gasteiger charge is 2.46. The number of aliphatic hydroxyl groups is 2. The van der Waals surface area contributed by atoms with Gasteiger partial charge in [-0.05, 0) is 39.2 Å². The minimum absolute atomic E-state index is 0.337. The number of amides is 1. The van der Waals surface area contributed by atoms with Crippen molar-refractivity contribution in [2.24, 2.45) is 0 Å². The van der Waals surface area contributed by atoms with Crippen molar-refractivity contribution in [2.75, 3.05) is 13.2 Å². The van der Waals surface area contributed by atoms with E-state index in [0.29, 0.717) is 19.4 Å². The van der Waals surface area contributed by atoms with E-state index >= 15 is 0 Å². The zero-order valence-corrected chi connectivity index (χ0v) is 14.5. The molecule has 0 aliphatic carbocycles. The summed E-state index contributed by atoms with van der Waals surface area (Å²) in [6.45, 7) is 5.58. The maximum atomic E-state index is 12.7. The average Bonchev–Trinajstić information content (AvgIpc) is 2.52. The molecule has 2 unspecified atom stereocenters. The molecular weight excluding hydrogens is 306 g/mol. The molecule has 1 amide bonds. The van der Waals surface area contributed by atoms with Crippen LogP contribution in [0.4, 0.5) is 4.79 Å². The molecule has 0 aromatic heterocycles. The highest BCUT2D eigenvalue weighted by molar-refractivity contribution is 5.69. The Morgan fingerprint density at radius 1 is 1.38 bits per heavy atom. The summed E-state index contributed by atoms with van der Waals surface area (Å²) in [7, 11) is 0. The first kappa shape index (κ1) is 18.3. The van der Waals surface area contributed by atoms with Gasteiger partial charge in [-0.15, -0.1) is 0 Å². The molecular formula is C19H25NO4. The highest BCUT2D eigenvalue weighted by atomic mass is 16.6. The predicted octanol–water partition coefficient (Wildman–Crippen LogP) is 2.49. The normalized spacial score (nSPS) is 24.0. The number of rotatable bonds is 1. The zero-order chi connectivity index (χ0) is 17.8. The van der Waals surface area contributed by atoms with Crippen molar-refractivity contribution < 1.29 is 19.7 Å². The van der Waals surface area contributed by atoms with Gasteiger partial charge in [-0.25, -0.2) is 4.79 Å². The van der Waals surface area contributed by atoms with Gasteiger partial charge in [0.1, 0.15) is 23.9 Å². The van der Waals surface area contributed by atoms with Crippen LogP contribution in [-0.2, 0) is 4.74 Å². The lowest BCUT2D eigenvalue weighted by Gasteiger charge is -2.44. The van der Waals surface area contributed by atoms with E-state index in [0.717, 1.165) is 5.56 Å². The molecule has 1 aliphatic rings. The van der Waals surface area contributed by atoms with Gasteiger partial charge in [0.25, 0.3) is 0 Å². The van der Waals surface area contributed by atoms with Crippen LogP contribution in [0, 0.1) is 11.8 Å². The van der Waals surface area contributed by atoms with Crippen LogP contribution in [0.15, 0.2) is 30.3 Å². The number of aliphatic hydroxyl groups excluding tert-OH is 1. The smallest absolute Gasteiger partial charge is 0.410 e. The molecule has 1 aliphatic heterocycles. The van der Waals surface area contributed by atoms with E-state index in [1.54, 1.807) is 0 Å². The van der Waals surface area contributed by atoms with E-state index in [9.17, 15) is 9.90 Å². The summed E-state index contributed by atoms with van der Waals surface area (Å²) in [4.78, 5) is 14.2. The lowest BCUT2D eigenvalue weighted by Crippen LogP contribution is -2.53. The molecule has 24 heavy (non-hydrogen) atoms. The standard InChI is InChI=1S/C19H25NO4/c1-18(2,3)24-17(22)20-13-7-11-19(23,12-8-14-21)16(20)15-9-5-4-6-10-15/h4-6,9-10,16,21,23H,7,11,13-14H2,1-3H3. The number of hydrogen-bond acceptors (Lipinski definition) is 4. The van der Waals surface area contributed by atoms with Gasteiger partial charge in [0.05, 0.1) is 0 Å². The van der Waals surface area contributed by atoms with Gasteiger partial charge in [0.15, 0.2) is 0 Å². The molecule has 5 nitrogen and oxygen atoms in total. The molecule has 2 rings (SSSR count). The van der Waals surface area contributed by atoms with Crippen molar-refractivity contribution in [1.82, 2.24) is 4.90 Å². The quantitative estimate of drug-likeness (QED) is 0.776. The first-order valence-corrected chi connectivity index (χ1v) is 8.15. The van der Waals surface area contributed by atoms with Crippen molar-refractivity contribution in [3.05, 3.63) is 35.9 Å². The summed E-state index contributed by atoms with van der Waals surface area (Å²) >= 11 is 0. The van der Waals surface area contributed by atoms with Gasteiger partial charge in [0, 0.05) is 6.54 Å². The second kappa shape index (κ2) is 7.25. The first-order valence-electron chi connectivity index (χ1n) is 8.15. The average molecular weight is 331 g/mol. The van der Waals surface area contributed by atoms with Gasteiger partial charge < -0.3 is 14.9 Å². The minimum atomic E-state index is -1.42. The number of piperidine rings is 1. The van der Waals surface area contributed by atoms with E-state index in [2.05, 4.69) is 11.8 Å². The Labute approximate surface area is 143 Å². The van der Waals surface area contributed by atoms with Crippen LogP contribution in [-0.4, -0.2) is 45.6 Å². The van der Waals surface area contributed by atoms with Crippen LogP contribution >= 0.6 is 0 Å². The Kier molecular flexibility index (Phi) is 5.53. The molecule has 130 valence electrons. The number of likely N-dealkylation sites (tertiary alicyclic amines) is 1. The summed E-state index contributed by atoms with van der Waals surface area (Å²) in [5.41, 5.74) is -1.25. The third-order valence-corrected chi connectivity index (χ3v) is 3.85. The molecule has 0 radical (unpaired) electrons. The molecule has 1 aromatic carbocycles. The highest BCUT2D eigenvalue weighted by Crippen LogP contribution is 2.39. The number of nitrogens with zero attached hydrogens (tertiary/aromatic N) is 1. The third kappa shape index (κ3) is 4.28. The molecule has 1 aromatic rings. The second-order valence-corrected chi connectivity index (χ2v) is 6.97. The number of benzene rings is 1. The zero-order valence-electron chi connectivity index (χ0n) is 14.5. The Morgan fingerprint density at radius 2 is 2.04 bits per heavy atom. The lowest BCUT2D eigenvalue weighted by molar-refractivity contribution is -0.0535. The van der Waals surface area contributed by atoms with Crippen molar-refractivity contribution in [3.63, 3.8) is 0 Å². The van der Waals surface area contributed by atoms with Crippen molar-refractivity contribution in [2.45, 2.75) is 50.9 Å². The van der Waals surface area contributed by atoms with E-state index in [1.807, 2.05) is 51.1 Å². The lowest BCUT2D eigenvalue weighted by atomic mass is 9.81. The fourth-order valence-corrected chi connectivity index (χ4v) is 2.97. The summed E-state index contributed by atoms with van der Waals surface area (Å²) in [5, 5.41) is 20.1. The third-order valence-electron chi connectivity index (χ3n) is 3.85. The summed E-state index contributed by atoms with van der Waals surface area (Å²) in [6, 6.07) is 8.68.